The van der Waals surface area contributed by atoms with Gasteiger partial charge in [0.2, 0.25) is 0 Å². The maximum atomic E-state index is 13.7. The van der Waals surface area contributed by atoms with Gasteiger partial charge >= 0.3 is 0 Å². The lowest BCUT2D eigenvalue weighted by Crippen LogP contribution is -2.00. The molecular weight excluding hydrogens is 393 g/mol. The van der Waals surface area contributed by atoms with Crippen molar-refractivity contribution in [3.8, 4) is 0 Å². The van der Waals surface area contributed by atoms with Crippen LogP contribution in [0.4, 0.5) is 13.2 Å². The maximum absolute atomic E-state index is 13.7. The minimum absolute atomic E-state index is 0.0858. The summed E-state index contributed by atoms with van der Waals surface area (Å²) >= 11 is 8.11. The molecule has 0 amide bonds. The van der Waals surface area contributed by atoms with E-state index in [4.69, 9.17) is 0 Å². The van der Waals surface area contributed by atoms with Crippen LogP contribution < -0.4 is 0 Å². The highest BCUT2D eigenvalue weighted by atomic mass is 79.9. The zero-order valence-corrected chi connectivity index (χ0v) is 13.1. The Balaban J connectivity index is 2.46. The topological polar surface area (TPSA) is 0 Å². The van der Waals surface area contributed by atoms with Crippen molar-refractivity contribution in [2.45, 2.75) is 11.8 Å². The predicted octanol–water partition coefficient (Wildman–Crippen LogP) is 5.72. The van der Waals surface area contributed by atoms with Crippen LogP contribution in [0.5, 0.6) is 0 Å². The summed E-state index contributed by atoms with van der Waals surface area (Å²) in [6.45, 7) is 1.91. The lowest BCUT2D eigenvalue weighted by Gasteiger charge is -2.10. The van der Waals surface area contributed by atoms with Gasteiger partial charge in [-0.25, -0.2) is 13.2 Å². The van der Waals surface area contributed by atoms with Crippen molar-refractivity contribution in [2.75, 3.05) is 0 Å². The molecule has 0 nitrogen and oxygen atoms in total. The largest absolute Gasteiger partial charge is 0.204 e. The fraction of sp³-hybridized carbons (Fsp3) is 0.167. The van der Waals surface area contributed by atoms with Crippen LogP contribution in [-0.4, -0.2) is 0 Å². The second-order valence-electron chi connectivity index (χ2n) is 3.73. The van der Waals surface area contributed by atoms with Gasteiger partial charge in [0, 0.05) is 10.4 Å². The van der Waals surface area contributed by atoms with E-state index in [2.05, 4.69) is 31.9 Å². The Hall–Kier alpha value is -0.330. The molecule has 1 atom stereocenters. The number of benzene rings is 1. The highest BCUT2D eigenvalue weighted by Crippen LogP contribution is 2.40. The molecule has 0 bridgehead atoms. The van der Waals surface area contributed by atoms with Crippen LogP contribution >= 0.6 is 43.2 Å². The number of aryl methyl sites for hydroxylation is 1. The second-order valence-corrected chi connectivity index (χ2v) is 7.05. The van der Waals surface area contributed by atoms with Crippen LogP contribution in [0.15, 0.2) is 22.0 Å². The first-order valence-electron chi connectivity index (χ1n) is 4.95. The summed E-state index contributed by atoms with van der Waals surface area (Å²) in [6, 6.07) is 4.04. The van der Waals surface area contributed by atoms with Gasteiger partial charge in [-0.15, -0.1) is 11.3 Å². The molecule has 0 aliphatic carbocycles. The number of thiophene rings is 1. The molecule has 1 aromatic heterocycles. The molecular formula is C12H7Br2F3S. The van der Waals surface area contributed by atoms with Gasteiger partial charge in [0.1, 0.15) is 0 Å². The average molecular weight is 400 g/mol. The van der Waals surface area contributed by atoms with Crippen LogP contribution in [0.2, 0.25) is 0 Å². The van der Waals surface area contributed by atoms with Crippen molar-refractivity contribution < 1.29 is 13.2 Å². The van der Waals surface area contributed by atoms with E-state index in [9.17, 15) is 13.2 Å². The summed E-state index contributed by atoms with van der Waals surface area (Å²) in [5, 5.41) is 0. The van der Waals surface area contributed by atoms with Crippen molar-refractivity contribution in [3.63, 3.8) is 0 Å². The molecule has 0 spiro atoms. The molecule has 1 unspecified atom stereocenters. The quantitative estimate of drug-likeness (QED) is 0.447. The van der Waals surface area contributed by atoms with Gasteiger partial charge in [0.05, 0.1) is 8.61 Å². The Morgan fingerprint density at radius 2 is 1.83 bits per heavy atom. The Kier molecular flexibility index (Phi) is 4.18. The molecule has 18 heavy (non-hydrogen) atoms. The summed E-state index contributed by atoms with van der Waals surface area (Å²) in [4.78, 5) is 0.326. The molecule has 0 fully saturated rings. The Morgan fingerprint density at radius 3 is 2.39 bits per heavy atom. The van der Waals surface area contributed by atoms with Crippen molar-refractivity contribution >= 4 is 43.2 Å². The molecule has 0 aliphatic rings. The van der Waals surface area contributed by atoms with E-state index in [1.807, 2.05) is 13.0 Å². The zero-order chi connectivity index (χ0) is 13.4. The highest BCUT2D eigenvalue weighted by Gasteiger charge is 2.22. The molecule has 0 radical (unpaired) electrons. The van der Waals surface area contributed by atoms with Crippen molar-refractivity contribution in [3.05, 3.63) is 55.4 Å². The number of hydrogen-bond donors (Lipinski definition) is 0. The molecule has 2 aromatic rings. The summed E-state index contributed by atoms with van der Waals surface area (Å²) in [5.74, 6) is -3.78. The average Bonchev–Trinajstić information content (AvgIpc) is 2.66. The van der Waals surface area contributed by atoms with Gasteiger partial charge in [-0.2, -0.15) is 0 Å². The fourth-order valence-electron chi connectivity index (χ4n) is 1.50. The van der Waals surface area contributed by atoms with Gasteiger partial charge in [0.25, 0.3) is 0 Å². The van der Waals surface area contributed by atoms with Crippen LogP contribution in [-0.2, 0) is 0 Å². The summed E-state index contributed by atoms with van der Waals surface area (Å²) in [5.41, 5.74) is 1.10. The van der Waals surface area contributed by atoms with E-state index in [0.717, 1.165) is 20.3 Å². The molecule has 1 aromatic carbocycles. The molecule has 2 rings (SSSR count). The minimum Gasteiger partial charge on any atom is -0.204 e. The molecule has 1 heterocycles. The summed E-state index contributed by atoms with van der Waals surface area (Å²) in [6.07, 6.45) is 0. The normalized spacial score (nSPS) is 12.8. The van der Waals surface area contributed by atoms with Gasteiger partial charge in [0.15, 0.2) is 17.5 Å². The van der Waals surface area contributed by atoms with Crippen LogP contribution in [0.3, 0.4) is 0 Å². The first-order chi connectivity index (χ1) is 8.41. The van der Waals surface area contributed by atoms with Gasteiger partial charge < -0.3 is 0 Å². The van der Waals surface area contributed by atoms with E-state index < -0.39 is 22.3 Å². The first kappa shape index (κ1) is 14.1. The van der Waals surface area contributed by atoms with E-state index in [-0.39, 0.29) is 5.56 Å². The maximum Gasteiger partial charge on any atom is 0.194 e. The first-order valence-corrected chi connectivity index (χ1v) is 7.47. The van der Waals surface area contributed by atoms with Crippen molar-refractivity contribution in [1.82, 2.24) is 0 Å². The Morgan fingerprint density at radius 1 is 1.17 bits per heavy atom. The fourth-order valence-corrected chi connectivity index (χ4v) is 3.83. The van der Waals surface area contributed by atoms with Crippen molar-refractivity contribution in [1.29, 1.82) is 0 Å². The van der Waals surface area contributed by atoms with Crippen LogP contribution in [0.25, 0.3) is 0 Å². The van der Waals surface area contributed by atoms with Gasteiger partial charge in [-0.3, -0.25) is 0 Å². The second kappa shape index (κ2) is 5.35. The molecule has 6 heteroatoms. The van der Waals surface area contributed by atoms with Gasteiger partial charge in [-0.05, 0) is 40.5 Å². The molecule has 0 aliphatic heterocycles. The highest BCUT2D eigenvalue weighted by molar-refractivity contribution is 9.11. The zero-order valence-electron chi connectivity index (χ0n) is 9.11. The number of alkyl halides is 1. The Bertz CT molecular complexity index is 576. The third-order valence-corrected chi connectivity index (χ3v) is 5.96. The van der Waals surface area contributed by atoms with Crippen LogP contribution in [0.1, 0.15) is 20.8 Å². The SMILES string of the molecule is Cc1cc(C(Br)c2ccc(F)c(F)c2F)sc1Br. The number of rotatable bonds is 2. The third-order valence-electron chi connectivity index (χ3n) is 2.46. The third kappa shape index (κ3) is 2.51. The standard InChI is InChI=1S/C12H7Br2F3S/c1-5-4-8(18-12(5)14)9(13)6-2-3-7(15)11(17)10(6)16/h2-4,9H,1H3. The van der Waals surface area contributed by atoms with E-state index in [1.54, 1.807) is 0 Å². The van der Waals surface area contributed by atoms with Crippen LogP contribution in [0, 0.1) is 24.4 Å². The lowest BCUT2D eigenvalue weighted by atomic mass is 10.1. The monoisotopic (exact) mass is 398 g/mol. The van der Waals surface area contributed by atoms with E-state index >= 15 is 0 Å². The summed E-state index contributed by atoms with van der Waals surface area (Å²) in [7, 11) is 0. The number of halogens is 5. The van der Waals surface area contributed by atoms with E-state index in [0.29, 0.717) is 0 Å². The smallest absolute Gasteiger partial charge is 0.194 e. The van der Waals surface area contributed by atoms with Crippen molar-refractivity contribution in [2.24, 2.45) is 0 Å². The molecule has 0 saturated heterocycles. The number of hydrogen-bond acceptors (Lipinski definition) is 1. The van der Waals surface area contributed by atoms with Gasteiger partial charge in [-0.1, -0.05) is 22.0 Å². The molecule has 0 saturated carbocycles. The lowest BCUT2D eigenvalue weighted by molar-refractivity contribution is 0.442. The van der Waals surface area contributed by atoms with E-state index in [1.165, 1.54) is 17.4 Å². The predicted molar refractivity (Wildman–Crippen MR) is 73.8 cm³/mol. The minimum atomic E-state index is -1.44. The molecule has 0 N–H and O–H groups in total. The summed E-state index contributed by atoms with van der Waals surface area (Å²) < 4.78 is 40.6. The molecule has 96 valence electrons. The Labute approximate surface area is 123 Å².